The van der Waals surface area contributed by atoms with Crippen LogP contribution in [0.3, 0.4) is 0 Å². The van der Waals surface area contributed by atoms with E-state index in [9.17, 15) is 13.6 Å². The maximum atomic E-state index is 13.7. The van der Waals surface area contributed by atoms with Crippen LogP contribution >= 0.6 is 22.6 Å². The van der Waals surface area contributed by atoms with Gasteiger partial charge in [0.05, 0.1) is 17.4 Å². The lowest BCUT2D eigenvalue weighted by atomic mass is 9.93. The minimum atomic E-state index is -2.64. The van der Waals surface area contributed by atoms with E-state index in [1.807, 2.05) is 17.0 Å². The molecule has 1 aliphatic carbocycles. The summed E-state index contributed by atoms with van der Waals surface area (Å²) in [6.07, 6.45) is 6.23. The Morgan fingerprint density at radius 2 is 1.66 bits per heavy atom. The minimum absolute atomic E-state index is 0.205. The fourth-order valence-electron chi connectivity index (χ4n) is 5.29. The number of alkyl halides is 2. The van der Waals surface area contributed by atoms with Gasteiger partial charge >= 0.3 is 0 Å². The maximum absolute atomic E-state index is 13.7. The Kier molecular flexibility index (Phi) is 5.61. The van der Waals surface area contributed by atoms with Crippen LogP contribution in [0, 0.1) is 8.99 Å². The molecule has 1 spiro atoms. The highest BCUT2D eigenvalue weighted by atomic mass is 127. The van der Waals surface area contributed by atoms with Gasteiger partial charge in [0.25, 0.3) is 11.8 Å². The Hall–Kier alpha value is -2.50. The third-order valence-corrected chi connectivity index (χ3v) is 8.40. The SMILES string of the molecule is O=C(Nc1cc(N2CCC(F)(F)CC2)n2nccc2n1)c1ccc(I)cc1N1CCC2(CC1)CC2. The number of carbonyl (C=O) groups is 1. The van der Waals surface area contributed by atoms with E-state index in [4.69, 9.17) is 0 Å². The number of hydrogen-bond donors (Lipinski definition) is 1. The van der Waals surface area contributed by atoms with Crippen LogP contribution in [0.1, 0.15) is 48.9 Å². The van der Waals surface area contributed by atoms with Gasteiger partial charge in [-0.15, -0.1) is 0 Å². The van der Waals surface area contributed by atoms with E-state index in [0.717, 1.165) is 22.3 Å². The van der Waals surface area contributed by atoms with Gasteiger partial charge in [-0.1, -0.05) is 0 Å². The van der Waals surface area contributed by atoms with Gasteiger partial charge in [-0.05, 0) is 71.9 Å². The molecule has 1 saturated carbocycles. The quantitative estimate of drug-likeness (QED) is 0.422. The van der Waals surface area contributed by atoms with E-state index in [0.29, 0.717) is 28.3 Å². The molecule has 7 nitrogen and oxygen atoms in total. The average Bonchev–Trinajstić information content (AvgIpc) is 3.41. The number of anilines is 3. The predicted molar refractivity (Wildman–Crippen MR) is 140 cm³/mol. The number of rotatable bonds is 4. The van der Waals surface area contributed by atoms with E-state index in [1.165, 1.54) is 25.7 Å². The van der Waals surface area contributed by atoms with Crippen molar-refractivity contribution in [2.75, 3.05) is 41.3 Å². The summed E-state index contributed by atoms with van der Waals surface area (Å²) in [5.74, 6) is -1.83. The topological polar surface area (TPSA) is 65.8 Å². The average molecular weight is 592 g/mol. The number of hydrogen-bond acceptors (Lipinski definition) is 5. The number of nitrogens with one attached hydrogen (secondary N) is 1. The first-order valence-corrected chi connectivity index (χ1v) is 13.2. The van der Waals surface area contributed by atoms with Gasteiger partial charge in [-0.3, -0.25) is 4.79 Å². The van der Waals surface area contributed by atoms with Crippen molar-refractivity contribution in [3.05, 3.63) is 45.7 Å². The normalized spacial score (nSPS) is 20.9. The number of piperidine rings is 2. The number of benzene rings is 1. The number of aromatic nitrogens is 3. The molecule has 1 amide bonds. The van der Waals surface area contributed by atoms with Crippen LogP contribution in [0.25, 0.3) is 5.65 Å². The van der Waals surface area contributed by atoms with Crippen LogP contribution in [0.5, 0.6) is 0 Å². The number of carbonyl (C=O) groups excluding carboxylic acids is 1. The molecule has 0 bridgehead atoms. The molecule has 6 rings (SSSR count). The van der Waals surface area contributed by atoms with Crippen LogP contribution in [0.2, 0.25) is 0 Å². The zero-order valence-electron chi connectivity index (χ0n) is 19.3. The summed E-state index contributed by atoms with van der Waals surface area (Å²) in [4.78, 5) is 22.2. The Morgan fingerprint density at radius 1 is 0.943 bits per heavy atom. The number of nitrogens with zero attached hydrogens (tertiary/aromatic N) is 5. The molecule has 0 radical (unpaired) electrons. The monoisotopic (exact) mass is 592 g/mol. The minimum Gasteiger partial charge on any atom is -0.371 e. The van der Waals surface area contributed by atoms with Crippen LogP contribution in [0.4, 0.5) is 26.1 Å². The van der Waals surface area contributed by atoms with Crippen LogP contribution in [-0.2, 0) is 0 Å². The van der Waals surface area contributed by atoms with Gasteiger partial charge in [-0.2, -0.15) is 9.61 Å². The largest absolute Gasteiger partial charge is 0.371 e. The van der Waals surface area contributed by atoms with E-state index in [-0.39, 0.29) is 31.8 Å². The molecule has 0 atom stereocenters. The second kappa shape index (κ2) is 8.56. The molecule has 10 heteroatoms. The lowest BCUT2D eigenvalue weighted by molar-refractivity contribution is -0.0222. The molecule has 1 N–H and O–H groups in total. The summed E-state index contributed by atoms with van der Waals surface area (Å²) >= 11 is 2.29. The van der Waals surface area contributed by atoms with Crippen molar-refractivity contribution < 1.29 is 13.6 Å². The molecule has 2 aromatic heterocycles. The molecule has 3 fully saturated rings. The van der Waals surface area contributed by atoms with E-state index < -0.39 is 5.92 Å². The lowest BCUT2D eigenvalue weighted by Gasteiger charge is -2.35. The van der Waals surface area contributed by atoms with Gasteiger partial charge in [0.1, 0.15) is 11.6 Å². The van der Waals surface area contributed by atoms with E-state index in [1.54, 1.807) is 22.8 Å². The van der Waals surface area contributed by atoms with Gasteiger partial charge in [0.15, 0.2) is 5.65 Å². The summed E-state index contributed by atoms with van der Waals surface area (Å²) in [7, 11) is 0. The first kappa shape index (κ1) is 22.9. The molecule has 0 unspecified atom stereocenters. The lowest BCUT2D eigenvalue weighted by Crippen LogP contribution is -2.40. The summed E-state index contributed by atoms with van der Waals surface area (Å²) in [5, 5.41) is 7.28. The number of halogens is 3. The van der Waals surface area contributed by atoms with Crippen molar-refractivity contribution >= 4 is 51.5 Å². The predicted octanol–water partition coefficient (Wildman–Crippen LogP) is 5.20. The second-order valence-corrected chi connectivity index (χ2v) is 11.3. The Labute approximate surface area is 216 Å². The maximum Gasteiger partial charge on any atom is 0.258 e. The first-order valence-electron chi connectivity index (χ1n) is 12.1. The Balaban J connectivity index is 1.27. The number of fused-ring (bicyclic) bond motifs is 1. The summed E-state index contributed by atoms with van der Waals surface area (Å²) in [6.45, 7) is 2.36. The zero-order valence-corrected chi connectivity index (χ0v) is 21.5. The Morgan fingerprint density at radius 3 is 2.37 bits per heavy atom. The van der Waals surface area contributed by atoms with Crippen LogP contribution in [-0.4, -0.2) is 52.6 Å². The van der Waals surface area contributed by atoms with Crippen molar-refractivity contribution in [3.8, 4) is 0 Å². The highest BCUT2D eigenvalue weighted by Gasteiger charge is 2.44. The van der Waals surface area contributed by atoms with Crippen LogP contribution < -0.4 is 15.1 Å². The molecular weight excluding hydrogens is 565 g/mol. The van der Waals surface area contributed by atoms with Crippen molar-refractivity contribution in [2.24, 2.45) is 5.41 Å². The molecule has 2 aliphatic heterocycles. The standard InChI is InChI=1S/C25H27F2IN6O/c26-25(27)8-13-33(14-9-25)22-16-20(30-21-3-10-29-34(21)22)31-23(35)18-2-1-17(28)15-19(18)32-11-6-24(4-5-24)7-12-32/h1-3,10,15-16H,4-9,11-14H2,(H,30,31,35). The molecular formula is C25H27F2IN6O. The fourth-order valence-corrected chi connectivity index (χ4v) is 5.76. The molecule has 184 valence electrons. The molecule has 2 saturated heterocycles. The summed E-state index contributed by atoms with van der Waals surface area (Å²) in [6, 6.07) is 9.37. The fraction of sp³-hybridized carbons (Fsp3) is 0.480. The van der Waals surface area contributed by atoms with Gasteiger partial charge in [0, 0.05) is 54.7 Å². The Bertz CT molecular complexity index is 1270. The molecule has 3 aliphatic rings. The highest BCUT2D eigenvalue weighted by Crippen LogP contribution is 2.54. The van der Waals surface area contributed by atoms with Crippen LogP contribution in [0.15, 0.2) is 36.5 Å². The molecule has 1 aromatic carbocycles. The second-order valence-electron chi connectivity index (χ2n) is 10.0. The third kappa shape index (κ3) is 4.56. The van der Waals surface area contributed by atoms with Crippen molar-refractivity contribution in [2.45, 2.75) is 44.4 Å². The van der Waals surface area contributed by atoms with Gasteiger partial charge in [0.2, 0.25) is 0 Å². The molecule has 4 heterocycles. The van der Waals surface area contributed by atoms with E-state index >= 15 is 0 Å². The van der Waals surface area contributed by atoms with Crippen molar-refractivity contribution in [1.82, 2.24) is 14.6 Å². The van der Waals surface area contributed by atoms with Gasteiger partial charge < -0.3 is 15.1 Å². The molecule has 3 aromatic rings. The first-order chi connectivity index (χ1) is 16.8. The van der Waals surface area contributed by atoms with E-state index in [2.05, 4.69) is 49.0 Å². The smallest absolute Gasteiger partial charge is 0.258 e. The summed E-state index contributed by atoms with van der Waals surface area (Å²) < 4.78 is 30.2. The molecule has 35 heavy (non-hydrogen) atoms. The van der Waals surface area contributed by atoms with Crippen molar-refractivity contribution in [3.63, 3.8) is 0 Å². The van der Waals surface area contributed by atoms with Crippen molar-refractivity contribution in [1.29, 1.82) is 0 Å². The number of amides is 1. The van der Waals surface area contributed by atoms with Gasteiger partial charge in [-0.25, -0.2) is 13.8 Å². The summed E-state index contributed by atoms with van der Waals surface area (Å²) in [5.41, 5.74) is 2.68. The zero-order chi connectivity index (χ0) is 24.2. The third-order valence-electron chi connectivity index (χ3n) is 7.73. The highest BCUT2D eigenvalue weighted by molar-refractivity contribution is 14.1.